The summed E-state index contributed by atoms with van der Waals surface area (Å²) in [6, 6.07) is 1.15. The lowest BCUT2D eigenvalue weighted by Crippen LogP contribution is -3.15. The van der Waals surface area contributed by atoms with E-state index in [0.717, 1.165) is 0 Å². The summed E-state index contributed by atoms with van der Waals surface area (Å²) in [5, 5.41) is 2.40. The third-order valence-electron chi connectivity index (χ3n) is 1.71. The van der Waals surface area contributed by atoms with Crippen molar-refractivity contribution in [3.63, 3.8) is 0 Å². The van der Waals surface area contributed by atoms with Crippen LogP contribution in [-0.2, 0) is 4.79 Å². The predicted molar refractivity (Wildman–Crippen MR) is 45.3 cm³/mol. The van der Waals surface area contributed by atoms with Gasteiger partial charge in [0.1, 0.15) is 0 Å². The minimum atomic E-state index is -0.469. The van der Waals surface area contributed by atoms with Crippen molar-refractivity contribution in [2.24, 2.45) is 0 Å². The van der Waals surface area contributed by atoms with E-state index in [1.165, 1.54) is 24.7 Å². The molecule has 1 aromatic heterocycles. The molecule has 1 atom stereocenters. The summed E-state index contributed by atoms with van der Waals surface area (Å²) < 4.78 is 0. The Morgan fingerprint density at radius 3 is 2.57 bits per heavy atom. The Balaban J connectivity index is 2.38. The minimum Gasteiger partial charge on any atom is -0.281 e. The lowest BCUT2D eigenvalue weighted by Gasteiger charge is -2.12. The van der Waals surface area contributed by atoms with E-state index in [9.17, 15) is 9.59 Å². The smallest absolute Gasteiger partial charge is 0.281 e. The first-order chi connectivity index (χ1) is 6.79. The van der Waals surface area contributed by atoms with Crippen LogP contribution in [0.15, 0.2) is 30.7 Å². The summed E-state index contributed by atoms with van der Waals surface area (Å²) in [6.45, 7) is 0. The summed E-state index contributed by atoms with van der Waals surface area (Å²) in [7, 11) is 0. The van der Waals surface area contributed by atoms with Gasteiger partial charge in [-0.2, -0.15) is 9.97 Å². The van der Waals surface area contributed by atoms with Gasteiger partial charge in [0.2, 0.25) is 0 Å². The SMILES string of the molecule is O=C1C=CNC(=O)[NH+]1c1ncccn1. The molecule has 0 bridgehead atoms. The fourth-order valence-electron chi connectivity index (χ4n) is 1.10. The van der Waals surface area contributed by atoms with E-state index in [-0.39, 0.29) is 16.8 Å². The van der Waals surface area contributed by atoms with E-state index in [1.54, 1.807) is 6.07 Å². The minimum absolute atomic E-state index is 0.0203. The molecule has 6 heteroatoms. The molecule has 6 nitrogen and oxygen atoms in total. The predicted octanol–water partition coefficient (Wildman–Crippen LogP) is -1.24. The molecule has 0 aliphatic carbocycles. The van der Waals surface area contributed by atoms with Crippen LogP contribution in [0.25, 0.3) is 0 Å². The number of imide groups is 1. The Labute approximate surface area is 79.3 Å². The number of aromatic nitrogens is 2. The number of hydrogen-bond donors (Lipinski definition) is 2. The highest BCUT2D eigenvalue weighted by Gasteiger charge is 2.33. The van der Waals surface area contributed by atoms with Crippen molar-refractivity contribution in [1.82, 2.24) is 15.3 Å². The van der Waals surface area contributed by atoms with Crippen molar-refractivity contribution < 1.29 is 14.5 Å². The first kappa shape index (κ1) is 8.52. The summed E-state index contributed by atoms with van der Waals surface area (Å²) in [6.07, 6.45) is 5.53. The van der Waals surface area contributed by atoms with E-state index in [4.69, 9.17) is 0 Å². The lowest BCUT2D eigenvalue weighted by atomic mass is 10.4. The van der Waals surface area contributed by atoms with Gasteiger partial charge in [-0.1, -0.05) is 0 Å². The fraction of sp³-hybridized carbons (Fsp3) is 0. The molecule has 1 aliphatic heterocycles. The Hall–Kier alpha value is -2.08. The fourth-order valence-corrected chi connectivity index (χ4v) is 1.10. The summed E-state index contributed by atoms with van der Waals surface area (Å²) in [5.74, 6) is -0.223. The number of hydrogen-bond acceptors (Lipinski definition) is 4. The number of nitrogens with one attached hydrogen (secondary N) is 2. The summed E-state index contributed by atoms with van der Waals surface area (Å²) in [4.78, 5) is 30.3. The van der Waals surface area contributed by atoms with Gasteiger partial charge in [0, 0.05) is 18.6 Å². The Bertz CT molecular complexity index is 401. The molecular weight excluding hydrogens is 184 g/mol. The molecule has 0 saturated heterocycles. The van der Waals surface area contributed by atoms with Crippen molar-refractivity contribution in [1.29, 1.82) is 0 Å². The normalized spacial score (nSPS) is 20.7. The van der Waals surface area contributed by atoms with Crippen LogP contribution in [0.5, 0.6) is 0 Å². The third kappa shape index (κ3) is 1.38. The number of quaternary nitrogens is 1. The highest BCUT2D eigenvalue weighted by molar-refractivity contribution is 5.92. The molecule has 70 valence electrons. The number of amides is 3. The Morgan fingerprint density at radius 1 is 1.21 bits per heavy atom. The van der Waals surface area contributed by atoms with E-state index in [1.807, 2.05) is 0 Å². The largest absolute Gasteiger partial charge is 0.434 e. The van der Waals surface area contributed by atoms with E-state index < -0.39 is 6.03 Å². The van der Waals surface area contributed by atoms with Gasteiger partial charge in [0.05, 0.1) is 6.08 Å². The average molecular weight is 191 g/mol. The van der Waals surface area contributed by atoms with Gasteiger partial charge in [0.25, 0.3) is 0 Å². The van der Waals surface area contributed by atoms with E-state index in [2.05, 4.69) is 15.3 Å². The number of rotatable bonds is 1. The zero-order chi connectivity index (χ0) is 9.97. The standard InChI is InChI=1S/C8H6N4O2/c13-6-2-5-11-8(14)12(6)7-9-3-1-4-10-7/h1-5H,(H,11,14)/p+1. The molecule has 2 heterocycles. The second-order valence-electron chi connectivity index (χ2n) is 2.62. The van der Waals surface area contributed by atoms with Gasteiger partial charge in [-0.05, 0) is 6.07 Å². The highest BCUT2D eigenvalue weighted by Crippen LogP contribution is 1.88. The molecule has 14 heavy (non-hydrogen) atoms. The van der Waals surface area contributed by atoms with Crippen molar-refractivity contribution in [2.45, 2.75) is 0 Å². The van der Waals surface area contributed by atoms with E-state index in [0.29, 0.717) is 0 Å². The average Bonchev–Trinajstić information content (AvgIpc) is 2.19. The topological polar surface area (TPSA) is 76.4 Å². The molecule has 3 amide bonds. The molecule has 0 spiro atoms. The quantitative estimate of drug-likeness (QED) is 0.582. The molecule has 0 radical (unpaired) electrons. The molecule has 1 aliphatic rings. The first-order valence-corrected chi connectivity index (χ1v) is 3.95. The summed E-state index contributed by atoms with van der Waals surface area (Å²) >= 11 is 0. The van der Waals surface area contributed by atoms with Gasteiger partial charge in [-0.15, -0.1) is 4.90 Å². The van der Waals surface area contributed by atoms with Crippen molar-refractivity contribution >= 4 is 17.9 Å². The molecular formula is C8H7N4O2+. The molecule has 1 unspecified atom stereocenters. The third-order valence-corrected chi connectivity index (χ3v) is 1.71. The highest BCUT2D eigenvalue weighted by atomic mass is 16.2. The van der Waals surface area contributed by atoms with Gasteiger partial charge in [-0.3, -0.25) is 5.32 Å². The van der Waals surface area contributed by atoms with Crippen LogP contribution in [0.1, 0.15) is 0 Å². The van der Waals surface area contributed by atoms with Crippen molar-refractivity contribution in [2.75, 3.05) is 0 Å². The molecule has 2 rings (SSSR count). The van der Waals surface area contributed by atoms with Crippen LogP contribution in [0.2, 0.25) is 0 Å². The number of carbonyl (C=O) groups excluding carboxylic acids is 2. The zero-order valence-electron chi connectivity index (χ0n) is 7.10. The maximum Gasteiger partial charge on any atom is 0.434 e. The van der Waals surface area contributed by atoms with Gasteiger partial charge >= 0.3 is 17.9 Å². The Morgan fingerprint density at radius 2 is 1.93 bits per heavy atom. The van der Waals surface area contributed by atoms with Crippen LogP contribution >= 0.6 is 0 Å². The maximum atomic E-state index is 11.3. The van der Waals surface area contributed by atoms with Crippen LogP contribution in [0.4, 0.5) is 10.7 Å². The molecule has 1 aromatic rings. The Kier molecular flexibility index (Phi) is 2.04. The van der Waals surface area contributed by atoms with Crippen molar-refractivity contribution in [3.8, 4) is 0 Å². The second-order valence-corrected chi connectivity index (χ2v) is 2.62. The van der Waals surface area contributed by atoms with Crippen LogP contribution < -0.4 is 10.2 Å². The lowest BCUT2D eigenvalue weighted by molar-refractivity contribution is -0.659. The van der Waals surface area contributed by atoms with Gasteiger partial charge < -0.3 is 0 Å². The molecule has 0 saturated carbocycles. The van der Waals surface area contributed by atoms with Crippen LogP contribution in [0.3, 0.4) is 0 Å². The second kappa shape index (κ2) is 3.35. The van der Waals surface area contributed by atoms with Gasteiger partial charge in [0.15, 0.2) is 0 Å². The number of urea groups is 1. The summed E-state index contributed by atoms with van der Waals surface area (Å²) in [5.41, 5.74) is 0. The van der Waals surface area contributed by atoms with Crippen LogP contribution in [0, 0.1) is 0 Å². The molecule has 0 fully saturated rings. The maximum absolute atomic E-state index is 11.3. The van der Waals surface area contributed by atoms with Gasteiger partial charge in [-0.25, -0.2) is 9.59 Å². The van der Waals surface area contributed by atoms with Crippen molar-refractivity contribution in [3.05, 3.63) is 30.7 Å². The molecule has 0 aromatic carbocycles. The molecule has 2 N–H and O–H groups in total. The van der Waals surface area contributed by atoms with E-state index >= 15 is 0 Å². The zero-order valence-corrected chi connectivity index (χ0v) is 7.10. The number of carbonyl (C=O) groups is 2. The van der Waals surface area contributed by atoms with Crippen LogP contribution in [-0.4, -0.2) is 21.9 Å². The number of nitrogens with zero attached hydrogens (tertiary/aromatic N) is 2. The first-order valence-electron chi connectivity index (χ1n) is 3.95. The monoisotopic (exact) mass is 191 g/mol.